The fraction of sp³-hybridized carbons (Fsp3) is 0.308. The van der Waals surface area contributed by atoms with Crippen molar-refractivity contribution < 1.29 is 14.7 Å². The zero-order valence-electron chi connectivity index (χ0n) is 10.6. The van der Waals surface area contributed by atoms with Crippen molar-refractivity contribution in [1.29, 1.82) is 5.26 Å². The van der Waals surface area contributed by atoms with E-state index in [1.54, 1.807) is 12.1 Å². The molecule has 0 aliphatic carbocycles. The van der Waals surface area contributed by atoms with Crippen LogP contribution in [0.4, 0.5) is 0 Å². The molecule has 0 aromatic heterocycles. The molecule has 0 heterocycles. The first-order valence-electron chi connectivity index (χ1n) is 5.57. The predicted molar refractivity (Wildman–Crippen MR) is 71.9 cm³/mol. The van der Waals surface area contributed by atoms with Gasteiger partial charge >= 0.3 is 5.97 Å². The van der Waals surface area contributed by atoms with Gasteiger partial charge in [-0.05, 0) is 24.6 Å². The Labute approximate surface area is 115 Å². The summed E-state index contributed by atoms with van der Waals surface area (Å²) in [6, 6.07) is 6.50. The summed E-state index contributed by atoms with van der Waals surface area (Å²) in [5, 5.41) is 20.3. The Morgan fingerprint density at radius 3 is 2.74 bits per heavy atom. The molecular formula is C13H14N2O3S. The Morgan fingerprint density at radius 1 is 1.53 bits per heavy atom. The summed E-state index contributed by atoms with van der Waals surface area (Å²) in [7, 11) is 0. The lowest BCUT2D eigenvalue weighted by Gasteiger charge is -2.13. The highest BCUT2D eigenvalue weighted by molar-refractivity contribution is 7.99. The number of amides is 1. The van der Waals surface area contributed by atoms with Crippen LogP contribution in [0.1, 0.15) is 18.1 Å². The minimum Gasteiger partial charge on any atom is -0.480 e. The number of carboxylic acid groups (broad SMARTS) is 1. The molecule has 1 aromatic rings. The van der Waals surface area contributed by atoms with E-state index in [1.807, 2.05) is 13.0 Å². The number of aliphatic carboxylic acids is 1. The number of thioether (sulfide) groups is 1. The Morgan fingerprint density at radius 2 is 2.21 bits per heavy atom. The van der Waals surface area contributed by atoms with Crippen molar-refractivity contribution in [2.75, 3.05) is 5.75 Å². The van der Waals surface area contributed by atoms with Gasteiger partial charge in [0, 0.05) is 17.6 Å². The summed E-state index contributed by atoms with van der Waals surface area (Å²) in [5.74, 6) is -1.31. The number of aryl methyl sites for hydroxylation is 1. The molecule has 0 spiro atoms. The monoisotopic (exact) mass is 278 g/mol. The van der Waals surface area contributed by atoms with Gasteiger partial charge in [-0.2, -0.15) is 5.26 Å². The van der Waals surface area contributed by atoms with Crippen LogP contribution in [0.2, 0.25) is 0 Å². The van der Waals surface area contributed by atoms with Crippen LogP contribution in [0.3, 0.4) is 0 Å². The summed E-state index contributed by atoms with van der Waals surface area (Å²) in [6.07, 6.45) is 0. The fourth-order valence-electron chi connectivity index (χ4n) is 1.45. The van der Waals surface area contributed by atoms with Crippen LogP contribution in [0.15, 0.2) is 23.1 Å². The number of nitriles is 1. The molecule has 19 heavy (non-hydrogen) atoms. The average molecular weight is 278 g/mol. The van der Waals surface area contributed by atoms with E-state index in [0.29, 0.717) is 10.5 Å². The summed E-state index contributed by atoms with van der Waals surface area (Å²) < 4.78 is 0. The number of carbonyl (C=O) groups excluding carboxylic acids is 1. The van der Waals surface area contributed by atoms with Gasteiger partial charge in [-0.3, -0.25) is 4.79 Å². The molecule has 0 aliphatic rings. The molecule has 0 saturated heterocycles. The molecule has 0 fully saturated rings. The summed E-state index contributed by atoms with van der Waals surface area (Å²) in [6.45, 7) is 3.15. The van der Waals surface area contributed by atoms with Crippen molar-refractivity contribution in [3.63, 3.8) is 0 Å². The maximum Gasteiger partial charge on any atom is 0.327 e. The van der Waals surface area contributed by atoms with Gasteiger partial charge in [0.15, 0.2) is 0 Å². The second kappa shape index (κ2) is 6.81. The van der Waals surface area contributed by atoms with Gasteiger partial charge in [-0.15, -0.1) is 11.8 Å². The lowest BCUT2D eigenvalue weighted by atomic mass is 10.2. The topological polar surface area (TPSA) is 90.2 Å². The van der Waals surface area contributed by atoms with Gasteiger partial charge in [-0.1, -0.05) is 6.07 Å². The van der Waals surface area contributed by atoms with Crippen molar-refractivity contribution in [3.05, 3.63) is 29.3 Å². The summed E-state index contributed by atoms with van der Waals surface area (Å²) in [4.78, 5) is 22.6. The zero-order valence-corrected chi connectivity index (χ0v) is 11.5. The Kier molecular flexibility index (Phi) is 5.39. The molecule has 1 atom stereocenters. The van der Waals surface area contributed by atoms with Gasteiger partial charge in [0.25, 0.3) is 0 Å². The maximum absolute atomic E-state index is 11.0. The van der Waals surface area contributed by atoms with Gasteiger partial charge in [0.1, 0.15) is 12.1 Å². The van der Waals surface area contributed by atoms with Crippen LogP contribution < -0.4 is 5.32 Å². The van der Waals surface area contributed by atoms with E-state index < -0.39 is 17.9 Å². The molecule has 100 valence electrons. The van der Waals surface area contributed by atoms with E-state index in [0.717, 1.165) is 5.56 Å². The highest BCUT2D eigenvalue weighted by Gasteiger charge is 2.19. The molecule has 6 heteroatoms. The third kappa shape index (κ3) is 4.64. The molecule has 0 radical (unpaired) electrons. The van der Waals surface area contributed by atoms with Crippen molar-refractivity contribution in [3.8, 4) is 6.07 Å². The van der Waals surface area contributed by atoms with Crippen LogP contribution in [-0.4, -0.2) is 28.8 Å². The average Bonchev–Trinajstić information content (AvgIpc) is 2.34. The normalized spacial score (nSPS) is 11.4. The highest BCUT2D eigenvalue weighted by Crippen LogP contribution is 2.24. The summed E-state index contributed by atoms with van der Waals surface area (Å²) in [5.41, 5.74) is 1.48. The molecule has 1 rings (SSSR count). The minimum absolute atomic E-state index is 0.173. The van der Waals surface area contributed by atoms with Crippen molar-refractivity contribution in [1.82, 2.24) is 5.32 Å². The largest absolute Gasteiger partial charge is 0.480 e. The van der Waals surface area contributed by atoms with Crippen LogP contribution in [0.5, 0.6) is 0 Å². The Bertz CT molecular complexity index is 537. The number of carbonyl (C=O) groups is 2. The summed E-state index contributed by atoms with van der Waals surface area (Å²) >= 11 is 1.24. The van der Waals surface area contributed by atoms with Gasteiger partial charge in [-0.25, -0.2) is 4.79 Å². The van der Waals surface area contributed by atoms with Crippen LogP contribution >= 0.6 is 11.8 Å². The molecule has 2 N–H and O–H groups in total. The van der Waals surface area contributed by atoms with Crippen LogP contribution in [0.25, 0.3) is 0 Å². The quantitative estimate of drug-likeness (QED) is 0.797. The van der Waals surface area contributed by atoms with Crippen LogP contribution in [-0.2, 0) is 9.59 Å². The molecular weight excluding hydrogens is 264 g/mol. The predicted octanol–water partition coefficient (Wildman–Crippen LogP) is 1.55. The molecule has 0 saturated carbocycles. The first-order valence-corrected chi connectivity index (χ1v) is 6.56. The van der Waals surface area contributed by atoms with E-state index >= 15 is 0 Å². The standard InChI is InChI=1S/C13H14N2O3S/c1-8-3-4-12(10(5-8)6-14)19-7-11(13(17)18)15-9(2)16/h3-5,11H,7H2,1-2H3,(H,15,16)(H,17,18)/t11-/m0/s1. The molecule has 0 aliphatic heterocycles. The fourth-order valence-corrected chi connectivity index (χ4v) is 2.45. The zero-order chi connectivity index (χ0) is 14.4. The van der Waals surface area contributed by atoms with Crippen molar-refractivity contribution >= 4 is 23.6 Å². The third-order valence-corrected chi connectivity index (χ3v) is 3.50. The Balaban J connectivity index is 2.77. The van der Waals surface area contributed by atoms with E-state index in [-0.39, 0.29) is 5.75 Å². The second-order valence-electron chi connectivity index (χ2n) is 4.01. The van der Waals surface area contributed by atoms with E-state index in [1.165, 1.54) is 18.7 Å². The smallest absolute Gasteiger partial charge is 0.327 e. The van der Waals surface area contributed by atoms with Gasteiger partial charge in [0.05, 0.1) is 5.56 Å². The third-order valence-electron chi connectivity index (χ3n) is 2.34. The number of nitrogens with one attached hydrogen (secondary N) is 1. The SMILES string of the molecule is CC(=O)N[C@@H](CSc1ccc(C)cc1C#N)C(=O)O. The lowest BCUT2D eigenvalue weighted by Crippen LogP contribution is -2.41. The molecule has 1 amide bonds. The molecule has 5 nitrogen and oxygen atoms in total. The maximum atomic E-state index is 11.0. The van der Waals surface area contributed by atoms with Gasteiger partial charge < -0.3 is 10.4 Å². The van der Waals surface area contributed by atoms with E-state index in [9.17, 15) is 9.59 Å². The van der Waals surface area contributed by atoms with Crippen LogP contribution in [0, 0.1) is 18.3 Å². The highest BCUT2D eigenvalue weighted by atomic mass is 32.2. The number of hydrogen-bond acceptors (Lipinski definition) is 4. The number of rotatable bonds is 5. The number of hydrogen-bond donors (Lipinski definition) is 2. The van der Waals surface area contributed by atoms with Crippen molar-refractivity contribution in [2.45, 2.75) is 24.8 Å². The molecule has 0 unspecified atom stereocenters. The number of benzene rings is 1. The minimum atomic E-state index is -1.09. The second-order valence-corrected chi connectivity index (χ2v) is 5.08. The van der Waals surface area contributed by atoms with Crippen molar-refractivity contribution in [2.24, 2.45) is 0 Å². The first kappa shape index (κ1) is 15.1. The Hall–Kier alpha value is -2.00. The lowest BCUT2D eigenvalue weighted by molar-refractivity contribution is -0.140. The number of carboxylic acids is 1. The van der Waals surface area contributed by atoms with E-state index in [4.69, 9.17) is 10.4 Å². The van der Waals surface area contributed by atoms with Gasteiger partial charge in [0.2, 0.25) is 5.91 Å². The molecule has 0 bridgehead atoms. The first-order chi connectivity index (χ1) is 8.93. The molecule has 1 aromatic carbocycles. The number of nitrogens with zero attached hydrogens (tertiary/aromatic N) is 1. The van der Waals surface area contributed by atoms with E-state index in [2.05, 4.69) is 11.4 Å².